The van der Waals surface area contributed by atoms with Gasteiger partial charge in [-0.05, 0) is 31.0 Å². The average Bonchev–Trinajstić information content (AvgIpc) is 2.50. The van der Waals surface area contributed by atoms with Gasteiger partial charge in [0, 0.05) is 18.1 Å². The van der Waals surface area contributed by atoms with Gasteiger partial charge in [-0.2, -0.15) is 10.1 Å². The first-order valence-electron chi connectivity index (χ1n) is 7.30. The second-order valence-electron chi connectivity index (χ2n) is 4.88. The van der Waals surface area contributed by atoms with Crippen molar-refractivity contribution in [3.63, 3.8) is 0 Å². The molecular weight excluding hydrogens is 321 g/mol. The van der Waals surface area contributed by atoms with E-state index in [1.54, 1.807) is 18.3 Å². The van der Waals surface area contributed by atoms with Crippen LogP contribution in [0.2, 0.25) is 10.0 Å². The van der Waals surface area contributed by atoms with E-state index in [-0.39, 0.29) is 0 Å². The van der Waals surface area contributed by atoms with Gasteiger partial charge in [0.05, 0.1) is 16.9 Å². The van der Waals surface area contributed by atoms with Crippen molar-refractivity contribution < 1.29 is 0 Å². The van der Waals surface area contributed by atoms with Crippen molar-refractivity contribution in [2.75, 3.05) is 23.3 Å². The standard InChI is InChI=1S/C15H19Cl2N5/c1-3-7-22(8-4-2)15-20-14(10-18-21-15)19-13-6-5-11(16)9-12(13)17/h5-6,9-10H,3-4,7-8H2,1-2H3,(H,19,20,21). The number of anilines is 3. The van der Waals surface area contributed by atoms with E-state index in [1.165, 1.54) is 0 Å². The van der Waals surface area contributed by atoms with E-state index >= 15 is 0 Å². The Bertz CT molecular complexity index is 615. The van der Waals surface area contributed by atoms with Gasteiger partial charge in [0.15, 0.2) is 5.82 Å². The molecule has 0 saturated heterocycles. The summed E-state index contributed by atoms with van der Waals surface area (Å²) in [6, 6.07) is 5.26. The lowest BCUT2D eigenvalue weighted by Crippen LogP contribution is -2.27. The summed E-state index contributed by atoms with van der Waals surface area (Å²) < 4.78 is 0. The molecule has 2 aromatic rings. The van der Waals surface area contributed by atoms with Crippen LogP contribution in [0, 0.1) is 0 Å². The molecule has 1 N–H and O–H groups in total. The number of nitrogens with zero attached hydrogens (tertiary/aromatic N) is 4. The zero-order valence-electron chi connectivity index (χ0n) is 12.7. The normalized spacial score (nSPS) is 10.5. The van der Waals surface area contributed by atoms with Crippen molar-refractivity contribution in [1.29, 1.82) is 0 Å². The van der Waals surface area contributed by atoms with Crippen molar-refractivity contribution in [1.82, 2.24) is 15.2 Å². The Labute approximate surface area is 140 Å². The van der Waals surface area contributed by atoms with Crippen LogP contribution in [0.5, 0.6) is 0 Å². The molecule has 0 amide bonds. The SMILES string of the molecule is CCCN(CCC)c1nncc(Nc2ccc(Cl)cc2Cl)n1. The van der Waals surface area contributed by atoms with Crippen LogP contribution in [0.1, 0.15) is 26.7 Å². The Hall–Kier alpha value is -1.59. The van der Waals surface area contributed by atoms with Crippen LogP contribution in [-0.2, 0) is 0 Å². The summed E-state index contributed by atoms with van der Waals surface area (Å²) in [6.45, 7) is 6.07. The maximum atomic E-state index is 6.16. The minimum absolute atomic E-state index is 0.534. The third-order valence-electron chi connectivity index (χ3n) is 3.01. The summed E-state index contributed by atoms with van der Waals surface area (Å²) in [5.74, 6) is 1.23. The zero-order chi connectivity index (χ0) is 15.9. The quantitative estimate of drug-likeness (QED) is 0.801. The first-order chi connectivity index (χ1) is 10.6. The highest BCUT2D eigenvalue weighted by molar-refractivity contribution is 6.36. The first kappa shape index (κ1) is 16.8. The average molecular weight is 340 g/mol. The molecule has 2 rings (SSSR count). The van der Waals surface area contributed by atoms with Crippen LogP contribution < -0.4 is 10.2 Å². The van der Waals surface area contributed by atoms with Gasteiger partial charge >= 0.3 is 0 Å². The molecule has 1 heterocycles. The molecule has 0 aliphatic rings. The Morgan fingerprint density at radius 1 is 1.14 bits per heavy atom. The topological polar surface area (TPSA) is 53.9 Å². The zero-order valence-corrected chi connectivity index (χ0v) is 14.2. The van der Waals surface area contributed by atoms with Crippen LogP contribution in [0.4, 0.5) is 17.5 Å². The minimum atomic E-state index is 0.534. The van der Waals surface area contributed by atoms with Gasteiger partial charge in [-0.15, -0.1) is 5.10 Å². The van der Waals surface area contributed by atoms with E-state index < -0.39 is 0 Å². The van der Waals surface area contributed by atoms with Crippen LogP contribution in [-0.4, -0.2) is 28.3 Å². The number of aromatic nitrogens is 3. The summed E-state index contributed by atoms with van der Waals surface area (Å²) in [5, 5.41) is 12.4. The molecule has 0 unspecified atom stereocenters. The number of benzene rings is 1. The third kappa shape index (κ3) is 4.45. The number of halogens is 2. The monoisotopic (exact) mass is 339 g/mol. The maximum Gasteiger partial charge on any atom is 0.247 e. The number of hydrogen-bond acceptors (Lipinski definition) is 5. The highest BCUT2D eigenvalue weighted by Crippen LogP contribution is 2.27. The van der Waals surface area contributed by atoms with E-state index in [0.717, 1.165) is 31.6 Å². The minimum Gasteiger partial charge on any atom is -0.339 e. The Balaban J connectivity index is 2.20. The molecule has 0 spiro atoms. The molecule has 0 saturated carbocycles. The summed E-state index contributed by atoms with van der Waals surface area (Å²) in [4.78, 5) is 6.65. The fourth-order valence-electron chi connectivity index (χ4n) is 2.07. The first-order valence-corrected chi connectivity index (χ1v) is 8.06. The van der Waals surface area contributed by atoms with Gasteiger partial charge < -0.3 is 10.2 Å². The van der Waals surface area contributed by atoms with E-state index in [0.29, 0.717) is 21.8 Å². The molecule has 5 nitrogen and oxygen atoms in total. The molecule has 1 aromatic carbocycles. The maximum absolute atomic E-state index is 6.16. The molecule has 0 aliphatic heterocycles. The Morgan fingerprint density at radius 2 is 1.86 bits per heavy atom. The number of nitrogens with one attached hydrogen (secondary N) is 1. The molecule has 0 bridgehead atoms. The predicted octanol–water partition coefficient (Wildman–Crippen LogP) is 4.55. The van der Waals surface area contributed by atoms with Crippen molar-refractivity contribution in [3.05, 3.63) is 34.4 Å². The lowest BCUT2D eigenvalue weighted by molar-refractivity contribution is 0.711. The van der Waals surface area contributed by atoms with Gasteiger partial charge in [-0.3, -0.25) is 0 Å². The van der Waals surface area contributed by atoms with Crippen LogP contribution in [0.3, 0.4) is 0 Å². The lowest BCUT2D eigenvalue weighted by atomic mass is 10.3. The lowest BCUT2D eigenvalue weighted by Gasteiger charge is -2.21. The molecular formula is C15H19Cl2N5. The van der Waals surface area contributed by atoms with Crippen molar-refractivity contribution in [2.45, 2.75) is 26.7 Å². The highest BCUT2D eigenvalue weighted by Gasteiger charge is 2.10. The second-order valence-corrected chi connectivity index (χ2v) is 5.72. The molecule has 0 aliphatic carbocycles. The number of rotatable bonds is 7. The molecule has 22 heavy (non-hydrogen) atoms. The van der Waals surface area contributed by atoms with Gasteiger partial charge in [0.2, 0.25) is 5.95 Å². The number of hydrogen-bond donors (Lipinski definition) is 1. The largest absolute Gasteiger partial charge is 0.339 e. The predicted molar refractivity (Wildman–Crippen MR) is 92.4 cm³/mol. The summed E-state index contributed by atoms with van der Waals surface area (Å²) in [7, 11) is 0. The molecule has 1 aromatic heterocycles. The van der Waals surface area contributed by atoms with Crippen molar-refractivity contribution in [3.8, 4) is 0 Å². The van der Waals surface area contributed by atoms with Crippen LogP contribution in [0.25, 0.3) is 0 Å². The molecule has 0 fully saturated rings. The van der Waals surface area contributed by atoms with Crippen LogP contribution >= 0.6 is 23.2 Å². The van der Waals surface area contributed by atoms with Gasteiger partial charge in [-0.1, -0.05) is 37.0 Å². The summed E-state index contributed by atoms with van der Waals surface area (Å²) in [6.07, 6.45) is 3.64. The molecule has 118 valence electrons. The van der Waals surface area contributed by atoms with E-state index in [1.807, 2.05) is 6.07 Å². The Kier molecular flexibility index (Phi) is 6.21. The van der Waals surface area contributed by atoms with Gasteiger partial charge in [0.25, 0.3) is 0 Å². The Morgan fingerprint density at radius 3 is 2.50 bits per heavy atom. The molecule has 0 atom stereocenters. The fraction of sp³-hybridized carbons (Fsp3) is 0.400. The summed E-state index contributed by atoms with van der Waals surface area (Å²) >= 11 is 12.1. The third-order valence-corrected chi connectivity index (χ3v) is 3.56. The van der Waals surface area contributed by atoms with E-state index in [2.05, 4.69) is 39.2 Å². The van der Waals surface area contributed by atoms with E-state index in [9.17, 15) is 0 Å². The van der Waals surface area contributed by atoms with Crippen molar-refractivity contribution >= 4 is 40.7 Å². The van der Waals surface area contributed by atoms with Crippen LogP contribution in [0.15, 0.2) is 24.4 Å². The second kappa shape index (κ2) is 8.15. The molecule has 7 heteroatoms. The fourth-order valence-corrected chi connectivity index (χ4v) is 2.52. The van der Waals surface area contributed by atoms with Gasteiger partial charge in [0.1, 0.15) is 0 Å². The smallest absolute Gasteiger partial charge is 0.247 e. The van der Waals surface area contributed by atoms with Crippen molar-refractivity contribution in [2.24, 2.45) is 0 Å². The summed E-state index contributed by atoms with van der Waals surface area (Å²) in [5.41, 5.74) is 0.732. The molecule has 0 radical (unpaired) electrons. The van der Waals surface area contributed by atoms with Gasteiger partial charge in [-0.25, -0.2) is 0 Å². The highest BCUT2D eigenvalue weighted by atomic mass is 35.5. The van der Waals surface area contributed by atoms with E-state index in [4.69, 9.17) is 23.2 Å².